The molecule has 2 aromatic rings. The summed E-state index contributed by atoms with van der Waals surface area (Å²) in [6.45, 7) is 0. The Balaban J connectivity index is 1.65. The number of rotatable bonds is 3. The summed E-state index contributed by atoms with van der Waals surface area (Å²) in [7, 11) is 0. The monoisotopic (exact) mass is 279 g/mol. The van der Waals surface area contributed by atoms with Crippen LogP contribution < -0.4 is 5.32 Å². The summed E-state index contributed by atoms with van der Waals surface area (Å²) in [6, 6.07) is 13.6. The summed E-state index contributed by atoms with van der Waals surface area (Å²) in [5.74, 6) is 2.40. The van der Waals surface area contributed by atoms with Gasteiger partial charge in [0.15, 0.2) is 0 Å². The first kappa shape index (κ1) is 13.4. The van der Waals surface area contributed by atoms with Crippen LogP contribution in [-0.4, -0.2) is 5.91 Å². The Morgan fingerprint density at radius 1 is 1.24 bits per heavy atom. The van der Waals surface area contributed by atoms with Gasteiger partial charge in [0.05, 0.1) is 0 Å². The van der Waals surface area contributed by atoms with Gasteiger partial charge in [-0.15, -0.1) is 6.42 Å². The molecule has 3 heteroatoms. The van der Waals surface area contributed by atoms with Crippen LogP contribution in [0.5, 0.6) is 0 Å². The SMILES string of the molecule is C#Cc1cccc(NC(=O)C2CC2c2ccc(F)cc2)c1. The Labute approximate surface area is 123 Å². The molecule has 21 heavy (non-hydrogen) atoms. The third-order valence-electron chi connectivity index (χ3n) is 3.72. The smallest absolute Gasteiger partial charge is 0.228 e. The molecule has 0 aromatic heterocycles. The van der Waals surface area contributed by atoms with E-state index in [2.05, 4.69) is 11.2 Å². The zero-order valence-electron chi connectivity index (χ0n) is 11.3. The van der Waals surface area contributed by atoms with E-state index < -0.39 is 0 Å². The predicted molar refractivity (Wildman–Crippen MR) is 80.3 cm³/mol. The number of hydrogen-bond donors (Lipinski definition) is 1. The maximum Gasteiger partial charge on any atom is 0.228 e. The normalized spacial score (nSPS) is 19.6. The summed E-state index contributed by atoms with van der Waals surface area (Å²) in [4.78, 5) is 12.2. The van der Waals surface area contributed by atoms with Gasteiger partial charge < -0.3 is 5.32 Å². The number of terminal acetylenes is 1. The maximum atomic E-state index is 12.9. The van der Waals surface area contributed by atoms with Gasteiger partial charge in [-0.1, -0.05) is 24.1 Å². The standard InChI is InChI=1S/C18H14FNO/c1-2-12-4-3-5-15(10-12)20-18(21)17-11-16(17)13-6-8-14(19)9-7-13/h1,3-10,16-17H,11H2,(H,20,21). The molecule has 0 heterocycles. The fraction of sp³-hybridized carbons (Fsp3) is 0.167. The van der Waals surface area contributed by atoms with E-state index in [1.54, 1.807) is 18.2 Å². The molecule has 0 radical (unpaired) electrons. The highest BCUT2D eigenvalue weighted by atomic mass is 19.1. The van der Waals surface area contributed by atoms with Gasteiger partial charge in [0, 0.05) is 17.2 Å². The average Bonchev–Trinajstić information content (AvgIpc) is 3.29. The predicted octanol–water partition coefficient (Wildman–Crippen LogP) is 3.55. The van der Waals surface area contributed by atoms with Crippen molar-refractivity contribution in [1.82, 2.24) is 0 Å². The van der Waals surface area contributed by atoms with Crippen LogP contribution in [0.2, 0.25) is 0 Å². The number of halogens is 1. The van der Waals surface area contributed by atoms with E-state index in [-0.39, 0.29) is 23.6 Å². The Kier molecular flexibility index (Phi) is 3.45. The molecule has 1 aliphatic carbocycles. The molecule has 1 fully saturated rings. The number of carbonyl (C=O) groups is 1. The van der Waals surface area contributed by atoms with Crippen molar-refractivity contribution >= 4 is 11.6 Å². The molecule has 2 aromatic carbocycles. The third-order valence-corrected chi connectivity index (χ3v) is 3.72. The summed E-state index contributed by atoms with van der Waals surface area (Å²) in [5, 5.41) is 2.88. The molecule has 104 valence electrons. The van der Waals surface area contributed by atoms with Gasteiger partial charge in [0.1, 0.15) is 5.82 Å². The van der Waals surface area contributed by atoms with E-state index in [1.165, 1.54) is 12.1 Å². The fourth-order valence-electron chi connectivity index (χ4n) is 2.48. The number of hydrogen-bond acceptors (Lipinski definition) is 1. The van der Waals surface area contributed by atoms with Gasteiger partial charge >= 0.3 is 0 Å². The number of nitrogens with one attached hydrogen (secondary N) is 1. The highest BCUT2D eigenvalue weighted by Gasteiger charge is 2.43. The van der Waals surface area contributed by atoms with Crippen LogP contribution in [0.15, 0.2) is 48.5 Å². The van der Waals surface area contributed by atoms with E-state index in [4.69, 9.17) is 6.42 Å². The first-order valence-electron chi connectivity index (χ1n) is 6.80. The summed E-state index contributed by atoms with van der Waals surface area (Å²) < 4.78 is 12.9. The molecule has 0 saturated heterocycles. The second-order valence-electron chi connectivity index (χ2n) is 5.21. The van der Waals surface area contributed by atoms with Gasteiger partial charge in [-0.2, -0.15) is 0 Å². The lowest BCUT2D eigenvalue weighted by Gasteiger charge is -2.05. The van der Waals surface area contributed by atoms with Crippen LogP contribution in [-0.2, 0) is 4.79 Å². The molecular weight excluding hydrogens is 265 g/mol. The molecule has 2 unspecified atom stereocenters. The number of carbonyl (C=O) groups excluding carboxylic acids is 1. The maximum absolute atomic E-state index is 12.9. The van der Waals surface area contributed by atoms with Crippen LogP contribution in [0, 0.1) is 24.1 Å². The van der Waals surface area contributed by atoms with Crippen molar-refractivity contribution in [2.75, 3.05) is 5.32 Å². The van der Waals surface area contributed by atoms with E-state index >= 15 is 0 Å². The van der Waals surface area contributed by atoms with Crippen molar-refractivity contribution in [3.8, 4) is 12.3 Å². The minimum Gasteiger partial charge on any atom is -0.326 e. The summed E-state index contributed by atoms with van der Waals surface area (Å²) >= 11 is 0. The minimum absolute atomic E-state index is 0.0153. The van der Waals surface area contributed by atoms with Gasteiger partial charge in [0.2, 0.25) is 5.91 Å². The molecular formula is C18H14FNO. The lowest BCUT2D eigenvalue weighted by Crippen LogP contribution is -2.14. The summed E-state index contributed by atoms with van der Waals surface area (Å²) in [6.07, 6.45) is 6.14. The molecule has 1 saturated carbocycles. The third kappa shape index (κ3) is 2.95. The molecule has 1 amide bonds. The van der Waals surface area contributed by atoms with E-state index in [1.807, 2.05) is 18.2 Å². The molecule has 2 nitrogen and oxygen atoms in total. The average molecular weight is 279 g/mol. The van der Waals surface area contributed by atoms with E-state index in [0.717, 1.165) is 17.5 Å². The van der Waals surface area contributed by atoms with Crippen molar-refractivity contribution < 1.29 is 9.18 Å². The zero-order chi connectivity index (χ0) is 14.8. The van der Waals surface area contributed by atoms with Crippen molar-refractivity contribution in [2.45, 2.75) is 12.3 Å². The van der Waals surface area contributed by atoms with Crippen molar-refractivity contribution in [2.24, 2.45) is 5.92 Å². The molecule has 0 bridgehead atoms. The quantitative estimate of drug-likeness (QED) is 0.855. The zero-order valence-corrected chi connectivity index (χ0v) is 11.3. The lowest BCUT2D eigenvalue weighted by molar-refractivity contribution is -0.117. The van der Waals surface area contributed by atoms with Crippen LogP contribution in [0.1, 0.15) is 23.5 Å². The minimum atomic E-state index is -0.258. The Morgan fingerprint density at radius 3 is 2.71 bits per heavy atom. The first-order valence-corrected chi connectivity index (χ1v) is 6.80. The van der Waals surface area contributed by atoms with Crippen molar-refractivity contribution in [3.05, 3.63) is 65.5 Å². The molecule has 0 aliphatic heterocycles. The number of anilines is 1. The first-order chi connectivity index (χ1) is 10.2. The van der Waals surface area contributed by atoms with Gasteiger partial charge in [0.25, 0.3) is 0 Å². The van der Waals surface area contributed by atoms with Crippen LogP contribution in [0.4, 0.5) is 10.1 Å². The van der Waals surface area contributed by atoms with Gasteiger partial charge in [-0.3, -0.25) is 4.79 Å². The molecule has 1 N–H and O–H groups in total. The van der Waals surface area contributed by atoms with Gasteiger partial charge in [-0.05, 0) is 48.2 Å². The molecule has 2 atom stereocenters. The molecule has 0 spiro atoms. The number of benzene rings is 2. The number of amides is 1. The Hall–Kier alpha value is -2.60. The lowest BCUT2D eigenvalue weighted by atomic mass is 10.1. The Morgan fingerprint density at radius 2 is 2.00 bits per heavy atom. The van der Waals surface area contributed by atoms with E-state index in [9.17, 15) is 9.18 Å². The van der Waals surface area contributed by atoms with Crippen molar-refractivity contribution in [1.29, 1.82) is 0 Å². The van der Waals surface area contributed by atoms with Crippen molar-refractivity contribution in [3.63, 3.8) is 0 Å². The van der Waals surface area contributed by atoms with Crippen LogP contribution in [0.3, 0.4) is 0 Å². The second-order valence-corrected chi connectivity index (χ2v) is 5.21. The topological polar surface area (TPSA) is 29.1 Å². The molecule has 3 rings (SSSR count). The van der Waals surface area contributed by atoms with E-state index in [0.29, 0.717) is 5.69 Å². The fourth-order valence-corrected chi connectivity index (χ4v) is 2.48. The Bertz CT molecular complexity index is 715. The highest BCUT2D eigenvalue weighted by molar-refractivity contribution is 5.95. The second kappa shape index (κ2) is 5.41. The summed E-state index contributed by atoms with van der Waals surface area (Å²) in [5.41, 5.74) is 2.45. The van der Waals surface area contributed by atoms with Crippen LogP contribution >= 0.6 is 0 Å². The largest absolute Gasteiger partial charge is 0.326 e. The van der Waals surface area contributed by atoms with Crippen LogP contribution in [0.25, 0.3) is 0 Å². The van der Waals surface area contributed by atoms with Gasteiger partial charge in [-0.25, -0.2) is 4.39 Å². The highest BCUT2D eigenvalue weighted by Crippen LogP contribution is 2.47. The molecule has 1 aliphatic rings.